The predicted octanol–water partition coefficient (Wildman–Crippen LogP) is 8.99. The van der Waals surface area contributed by atoms with Crippen LogP contribution in [-0.2, 0) is 25.9 Å². The van der Waals surface area contributed by atoms with Crippen LogP contribution in [-0.4, -0.2) is 67.5 Å². The molecule has 0 atom stereocenters. The highest BCUT2D eigenvalue weighted by atomic mass is 79.9. The first kappa shape index (κ1) is 42.6. The third-order valence-electron chi connectivity index (χ3n) is 9.22. The summed E-state index contributed by atoms with van der Waals surface area (Å²) < 4.78 is 27.8. The summed E-state index contributed by atoms with van der Waals surface area (Å²) in [4.78, 5) is 27.2. The van der Waals surface area contributed by atoms with Crippen molar-refractivity contribution in [2.75, 3.05) is 34.2 Å². The maximum Gasteiger partial charge on any atom is 0.175 e. The quantitative estimate of drug-likeness (QED) is 0.0944. The molecule has 4 aromatic heterocycles. The van der Waals surface area contributed by atoms with Crippen LogP contribution >= 0.6 is 55.4 Å². The maximum atomic E-state index is 8.16. The van der Waals surface area contributed by atoms with Gasteiger partial charge < -0.3 is 38.8 Å². The lowest BCUT2D eigenvalue weighted by atomic mass is 10.1. The number of nitrogens with zero attached hydrogens (tertiary/aromatic N) is 7. The third-order valence-corrected chi connectivity index (χ3v) is 12.2. The van der Waals surface area contributed by atoms with Gasteiger partial charge in [0.1, 0.15) is 34.8 Å². The summed E-state index contributed by atoms with van der Waals surface area (Å²) in [7, 11) is 6.54. The lowest BCUT2D eigenvalue weighted by Crippen LogP contribution is -2.13. The van der Waals surface area contributed by atoms with Crippen molar-refractivity contribution in [1.29, 1.82) is 5.41 Å². The van der Waals surface area contributed by atoms with Crippen molar-refractivity contribution in [3.05, 3.63) is 123 Å². The van der Waals surface area contributed by atoms with E-state index in [1.165, 1.54) is 41.0 Å². The van der Waals surface area contributed by atoms with Gasteiger partial charge in [0.05, 0.1) is 44.6 Å². The minimum Gasteiger partial charge on any atom is -0.497 e. The topological polar surface area (TPSA) is 177 Å². The Bertz CT molecular complexity index is 2830. The van der Waals surface area contributed by atoms with Gasteiger partial charge in [0.15, 0.2) is 38.4 Å². The molecule has 308 valence electrons. The SMILES string of the molecule is COc1ccc(OC)c(Sc2nc3c(N)ncnc3n2CCc2cccc(Br)c2)c1.COc1ccc(OC)c(Sc2nc3c([nH]2)c(=N)ncn3CCc2cccc(Br)c2)c1. The minimum atomic E-state index is 0.167. The zero-order chi connectivity index (χ0) is 42.2. The lowest BCUT2D eigenvalue weighted by Gasteiger charge is -2.12. The molecular weight excluding hydrogens is 932 g/mol. The van der Waals surface area contributed by atoms with Crippen molar-refractivity contribution in [2.24, 2.45) is 0 Å². The summed E-state index contributed by atoms with van der Waals surface area (Å²) in [6.45, 7) is 1.40. The standard InChI is InChI=1S/2C21H20BrN5O2S/c1-28-15-6-7-16(29-2)17(11-15)30-21-25-18-19(23)24-12-27(20(18)26-21)9-8-13-4-3-5-14(22)10-13;1-28-15-6-7-16(29-2)17(11-15)30-21-26-18-19(23)24-12-25-20(18)27(21)9-8-13-4-3-5-14(22)10-13/h3-7,10-12,23H,8-9H2,1-2H3,(H,25,26);3-7,10-12H,8-9H2,1-2H3,(H2,23,24,25). The van der Waals surface area contributed by atoms with Gasteiger partial charge in [-0.25, -0.2) is 24.9 Å². The number of anilines is 1. The predicted molar refractivity (Wildman–Crippen MR) is 240 cm³/mol. The van der Waals surface area contributed by atoms with Gasteiger partial charge in [0.25, 0.3) is 0 Å². The molecule has 14 nitrogen and oxygen atoms in total. The van der Waals surface area contributed by atoms with E-state index in [2.05, 4.69) is 80.6 Å². The van der Waals surface area contributed by atoms with Crippen LogP contribution in [0.5, 0.6) is 23.0 Å². The van der Waals surface area contributed by atoms with Crippen LogP contribution in [0.25, 0.3) is 22.3 Å². The van der Waals surface area contributed by atoms with Crippen LogP contribution in [0.3, 0.4) is 0 Å². The third kappa shape index (κ3) is 10.1. The molecule has 0 spiro atoms. The highest BCUT2D eigenvalue weighted by Crippen LogP contribution is 2.39. The number of nitrogens with two attached hydrogens (primary N) is 1. The zero-order valence-electron chi connectivity index (χ0n) is 33.0. The molecule has 0 saturated heterocycles. The Hall–Kier alpha value is -5.56. The number of fused-ring (bicyclic) bond motifs is 2. The average molecular weight is 973 g/mol. The minimum absolute atomic E-state index is 0.167. The van der Waals surface area contributed by atoms with E-state index in [4.69, 9.17) is 40.1 Å². The maximum absolute atomic E-state index is 8.16. The van der Waals surface area contributed by atoms with Crippen molar-refractivity contribution in [2.45, 2.75) is 46.0 Å². The number of rotatable bonds is 14. The van der Waals surface area contributed by atoms with Crippen molar-refractivity contribution >= 4 is 83.5 Å². The fourth-order valence-corrected chi connectivity index (χ4v) is 9.06. The number of nitrogens with one attached hydrogen (secondary N) is 2. The molecule has 0 fully saturated rings. The highest BCUT2D eigenvalue weighted by Gasteiger charge is 2.19. The Kier molecular flexibility index (Phi) is 14.0. The molecule has 0 bridgehead atoms. The second-order valence-electron chi connectivity index (χ2n) is 13.0. The second-order valence-corrected chi connectivity index (χ2v) is 16.9. The number of halogens is 2. The van der Waals surface area contributed by atoms with E-state index in [-0.39, 0.29) is 5.49 Å². The van der Waals surface area contributed by atoms with E-state index in [1.54, 1.807) is 34.8 Å². The average Bonchev–Trinajstić information content (AvgIpc) is 3.85. The lowest BCUT2D eigenvalue weighted by molar-refractivity contribution is 0.394. The van der Waals surface area contributed by atoms with Crippen LogP contribution in [0.1, 0.15) is 11.1 Å². The fraction of sp³-hybridized carbons (Fsp3) is 0.190. The molecule has 8 rings (SSSR count). The Labute approximate surface area is 371 Å². The molecule has 0 radical (unpaired) electrons. The molecule has 0 aliphatic rings. The van der Waals surface area contributed by atoms with Gasteiger partial charge >= 0.3 is 0 Å². The number of aromatic amines is 1. The highest BCUT2D eigenvalue weighted by molar-refractivity contribution is 9.10. The molecule has 4 N–H and O–H groups in total. The van der Waals surface area contributed by atoms with Gasteiger partial charge in [0.2, 0.25) is 0 Å². The number of H-pyrrole nitrogens is 1. The molecule has 0 aliphatic heterocycles. The second kappa shape index (κ2) is 19.7. The Balaban J connectivity index is 0.000000181. The number of imidazole rings is 2. The number of benzene rings is 4. The summed E-state index contributed by atoms with van der Waals surface area (Å²) in [5.41, 5.74) is 11.3. The monoisotopic (exact) mass is 970 g/mol. The van der Waals surface area contributed by atoms with Crippen LogP contribution in [0.15, 0.2) is 127 Å². The molecule has 0 saturated carbocycles. The van der Waals surface area contributed by atoms with Gasteiger partial charge in [-0.2, -0.15) is 0 Å². The smallest absolute Gasteiger partial charge is 0.175 e. The van der Waals surface area contributed by atoms with Crippen molar-refractivity contribution in [1.82, 2.24) is 39.0 Å². The molecule has 8 aromatic rings. The first-order chi connectivity index (χ1) is 29.2. The van der Waals surface area contributed by atoms with E-state index in [0.717, 1.165) is 59.7 Å². The summed E-state index contributed by atoms with van der Waals surface area (Å²) in [6.07, 6.45) is 4.79. The number of methoxy groups -OCH3 is 4. The number of ether oxygens (including phenoxy) is 4. The molecule has 18 heteroatoms. The van der Waals surface area contributed by atoms with Crippen LogP contribution in [0.2, 0.25) is 0 Å². The van der Waals surface area contributed by atoms with E-state index < -0.39 is 0 Å². The summed E-state index contributed by atoms with van der Waals surface area (Å²) in [5.74, 6) is 3.31. The number of hydrogen-bond donors (Lipinski definition) is 3. The number of nitrogen functional groups attached to an aromatic ring is 1. The van der Waals surface area contributed by atoms with Crippen molar-refractivity contribution < 1.29 is 18.9 Å². The van der Waals surface area contributed by atoms with Gasteiger partial charge in [0, 0.05) is 22.0 Å². The largest absolute Gasteiger partial charge is 0.497 e. The van der Waals surface area contributed by atoms with Crippen LogP contribution in [0, 0.1) is 5.41 Å². The molecular formula is C42H40Br2N10O4S2. The first-order valence-corrected chi connectivity index (χ1v) is 21.6. The Morgan fingerprint density at radius 1 is 0.700 bits per heavy atom. The molecule has 0 amide bonds. The molecule has 0 aliphatic carbocycles. The summed E-state index contributed by atoms with van der Waals surface area (Å²) in [6, 6.07) is 27.8. The van der Waals surface area contributed by atoms with E-state index in [1.807, 2.05) is 65.2 Å². The first-order valence-electron chi connectivity index (χ1n) is 18.4. The fourth-order valence-electron chi connectivity index (χ4n) is 6.19. The number of aromatic nitrogens is 8. The zero-order valence-corrected chi connectivity index (χ0v) is 37.8. The van der Waals surface area contributed by atoms with Gasteiger partial charge in [-0.3, -0.25) is 5.41 Å². The molecule has 4 heterocycles. The van der Waals surface area contributed by atoms with Crippen LogP contribution < -0.4 is 30.2 Å². The Morgan fingerprint density at radius 2 is 1.32 bits per heavy atom. The van der Waals surface area contributed by atoms with Gasteiger partial charge in [-0.15, -0.1) is 0 Å². The number of hydrogen-bond acceptors (Lipinski definition) is 13. The molecule has 4 aromatic carbocycles. The molecule has 60 heavy (non-hydrogen) atoms. The van der Waals surface area contributed by atoms with Crippen molar-refractivity contribution in [3.8, 4) is 23.0 Å². The van der Waals surface area contributed by atoms with E-state index in [9.17, 15) is 0 Å². The molecule has 0 unspecified atom stereocenters. The van der Waals surface area contributed by atoms with Gasteiger partial charge in [-0.05, 0) is 108 Å². The number of aryl methyl sites for hydroxylation is 4. The summed E-state index contributed by atoms with van der Waals surface area (Å²) >= 11 is 9.95. The normalized spacial score (nSPS) is 11.0. The van der Waals surface area contributed by atoms with Crippen molar-refractivity contribution in [3.63, 3.8) is 0 Å². The Morgan fingerprint density at radius 3 is 1.92 bits per heavy atom. The van der Waals surface area contributed by atoms with Gasteiger partial charge in [-0.1, -0.05) is 56.1 Å². The van der Waals surface area contributed by atoms with Crippen LogP contribution in [0.4, 0.5) is 5.82 Å². The van der Waals surface area contributed by atoms with E-state index >= 15 is 0 Å². The summed E-state index contributed by atoms with van der Waals surface area (Å²) in [5, 5.41) is 9.59. The van der Waals surface area contributed by atoms with E-state index in [0.29, 0.717) is 46.4 Å².